The lowest BCUT2D eigenvalue weighted by molar-refractivity contribution is -0.139. The number of hydrogen-bond acceptors (Lipinski definition) is 8. The molecule has 2 aliphatic rings. The molecule has 2 aliphatic heterocycles. The first-order valence-electron chi connectivity index (χ1n) is 14.8. The van der Waals surface area contributed by atoms with Crippen molar-refractivity contribution in [2.75, 3.05) is 46.6 Å². The Morgan fingerprint density at radius 1 is 1.12 bits per heavy atom. The normalized spacial score (nSPS) is 17.7. The van der Waals surface area contributed by atoms with Crippen LogP contribution < -0.4 is 19.9 Å². The summed E-state index contributed by atoms with van der Waals surface area (Å²) >= 11 is 6.32. The highest BCUT2D eigenvalue weighted by Gasteiger charge is 2.40. The summed E-state index contributed by atoms with van der Waals surface area (Å²) in [5.74, 6) is 1.67. The number of rotatable bonds is 11. The van der Waals surface area contributed by atoms with Gasteiger partial charge in [-0.05, 0) is 64.4 Å². The molecule has 1 aromatic heterocycles. The maximum atomic E-state index is 6.32. The minimum atomic E-state index is -0.461. The third kappa shape index (κ3) is 9.62. The molecule has 0 bridgehead atoms. The Balaban J connectivity index is 0.00000141. The van der Waals surface area contributed by atoms with Crippen molar-refractivity contribution in [2.24, 2.45) is 11.1 Å². The van der Waals surface area contributed by atoms with E-state index in [2.05, 4.69) is 14.9 Å². The second-order valence-electron chi connectivity index (χ2n) is 9.60. The van der Waals surface area contributed by atoms with Crippen LogP contribution in [0.25, 0.3) is 10.9 Å². The zero-order valence-electron chi connectivity index (χ0n) is 25.9. The van der Waals surface area contributed by atoms with Crippen molar-refractivity contribution in [1.82, 2.24) is 14.9 Å². The molecular weight excluding hydrogens is 540 g/mol. The highest BCUT2D eigenvalue weighted by atomic mass is 35.5. The largest absolute Gasteiger partial charge is 0.493 e. The molecule has 9 heteroatoms. The molecule has 228 valence electrons. The van der Waals surface area contributed by atoms with E-state index in [1.165, 1.54) is 19.2 Å². The zero-order chi connectivity index (χ0) is 30.3. The quantitative estimate of drug-likeness (QED) is 0.172. The van der Waals surface area contributed by atoms with Crippen molar-refractivity contribution < 1.29 is 18.9 Å². The lowest BCUT2D eigenvalue weighted by Crippen LogP contribution is -2.51. The fraction of sp³-hybridized carbons (Fsp3) is 0.562. The lowest BCUT2D eigenvalue weighted by atomic mass is 9.77. The Morgan fingerprint density at radius 3 is 2.41 bits per heavy atom. The van der Waals surface area contributed by atoms with Crippen molar-refractivity contribution in [3.05, 3.63) is 53.5 Å². The average molecular weight is 589 g/mol. The van der Waals surface area contributed by atoms with Crippen LogP contribution in [0.5, 0.6) is 17.4 Å². The van der Waals surface area contributed by atoms with Crippen LogP contribution in [0, 0.1) is 5.41 Å². The van der Waals surface area contributed by atoms with Gasteiger partial charge in [0.05, 0.1) is 42.9 Å². The molecule has 0 aliphatic carbocycles. The van der Waals surface area contributed by atoms with Gasteiger partial charge in [0.25, 0.3) is 0 Å². The summed E-state index contributed by atoms with van der Waals surface area (Å²) in [5.41, 5.74) is 7.57. The second kappa shape index (κ2) is 17.9. The lowest BCUT2D eigenvalue weighted by Gasteiger charge is -2.47. The number of benzene rings is 1. The molecule has 0 saturated carbocycles. The first kappa shape index (κ1) is 34.4. The number of hydrogen-bond donors (Lipinski definition) is 1. The molecule has 0 amide bonds. The first-order chi connectivity index (χ1) is 20.0. The smallest absolute Gasteiger partial charge is 0.225 e. The third-order valence-corrected chi connectivity index (χ3v) is 7.37. The third-order valence-electron chi connectivity index (χ3n) is 7.02. The maximum Gasteiger partial charge on any atom is 0.225 e. The maximum absolute atomic E-state index is 6.32. The molecule has 1 atom stereocenters. The van der Waals surface area contributed by atoms with Crippen LogP contribution in [0.3, 0.4) is 0 Å². The number of nitrogens with zero attached hydrogens (tertiary/aromatic N) is 3. The van der Waals surface area contributed by atoms with Crippen LogP contribution in [0.15, 0.2) is 53.5 Å². The predicted octanol–water partition coefficient (Wildman–Crippen LogP) is 6.88. The molecule has 1 unspecified atom stereocenters. The number of likely N-dealkylation sites (tertiary alicyclic amines) is 1. The van der Waals surface area contributed by atoms with Crippen molar-refractivity contribution in [1.29, 1.82) is 0 Å². The van der Waals surface area contributed by atoms with Crippen LogP contribution in [0.4, 0.5) is 0 Å². The molecule has 1 aromatic carbocycles. The van der Waals surface area contributed by atoms with E-state index in [-0.39, 0.29) is 0 Å². The monoisotopic (exact) mass is 588 g/mol. The topological polar surface area (TPSA) is 92.0 Å². The van der Waals surface area contributed by atoms with Crippen LogP contribution in [0.2, 0.25) is 0 Å². The van der Waals surface area contributed by atoms with Gasteiger partial charge in [-0.1, -0.05) is 51.4 Å². The molecule has 2 saturated heterocycles. The van der Waals surface area contributed by atoms with Crippen molar-refractivity contribution >= 4 is 22.5 Å². The molecular formula is C32H49ClN4O4. The van der Waals surface area contributed by atoms with Crippen molar-refractivity contribution in [3.63, 3.8) is 0 Å². The van der Waals surface area contributed by atoms with Gasteiger partial charge in [0.15, 0.2) is 11.5 Å². The number of nitrogens with two attached hydrogens (primary N) is 1. The van der Waals surface area contributed by atoms with E-state index in [9.17, 15) is 0 Å². The molecule has 0 radical (unpaired) electrons. The molecule has 3 heterocycles. The van der Waals surface area contributed by atoms with Gasteiger partial charge in [0, 0.05) is 23.7 Å². The number of piperidine rings is 1. The molecule has 8 nitrogen and oxygen atoms in total. The Morgan fingerprint density at radius 2 is 1.83 bits per heavy atom. The molecule has 2 aromatic rings. The van der Waals surface area contributed by atoms with Gasteiger partial charge >= 0.3 is 0 Å². The van der Waals surface area contributed by atoms with Crippen LogP contribution in [-0.4, -0.2) is 67.5 Å². The number of ether oxygens (including phenoxy) is 4. The predicted molar refractivity (Wildman–Crippen MR) is 169 cm³/mol. The van der Waals surface area contributed by atoms with Gasteiger partial charge in [-0.2, -0.15) is 0 Å². The van der Waals surface area contributed by atoms with E-state index in [0.717, 1.165) is 39.3 Å². The minimum absolute atomic E-state index is 0.414. The number of halogens is 1. The fourth-order valence-electron chi connectivity index (χ4n) is 4.63. The van der Waals surface area contributed by atoms with E-state index in [1.807, 2.05) is 65.8 Å². The fourth-order valence-corrected chi connectivity index (χ4v) is 4.87. The van der Waals surface area contributed by atoms with E-state index >= 15 is 0 Å². The van der Waals surface area contributed by atoms with Gasteiger partial charge in [-0.3, -0.25) is 0 Å². The van der Waals surface area contributed by atoms with Gasteiger partial charge in [-0.15, -0.1) is 0 Å². The first-order valence-corrected chi connectivity index (χ1v) is 15.2. The highest BCUT2D eigenvalue weighted by molar-refractivity contribution is 6.31. The standard InChI is InChI=1S/C28H37ClN4O4.2C2H6/c1-4-7-20(14-22(29)23(30)5-2)37-27-21-15-25(34-3)26(16-24(21)31-19-32-27)36-13-6-10-33-11-8-28(9-12-33)17-35-18-28;2*1-2/h4-5,7,14-16,19-20H,6,8-13,17-18,30H2,1-3H3;2*1-2H3/b7-4?,22-14+,23-5+;;. The van der Waals surface area contributed by atoms with Crippen LogP contribution in [-0.2, 0) is 4.74 Å². The summed E-state index contributed by atoms with van der Waals surface area (Å²) in [6.07, 6.45) is 11.7. The van der Waals surface area contributed by atoms with Gasteiger partial charge < -0.3 is 29.6 Å². The zero-order valence-corrected chi connectivity index (χ0v) is 26.7. The Kier molecular flexibility index (Phi) is 15.0. The van der Waals surface area contributed by atoms with Crippen molar-refractivity contribution in [2.45, 2.75) is 66.9 Å². The van der Waals surface area contributed by atoms with Crippen molar-refractivity contribution in [3.8, 4) is 17.4 Å². The van der Waals surface area contributed by atoms with Gasteiger partial charge in [0.2, 0.25) is 5.88 Å². The number of fused-ring (bicyclic) bond motifs is 1. The van der Waals surface area contributed by atoms with Gasteiger partial charge in [-0.25, -0.2) is 9.97 Å². The van der Waals surface area contributed by atoms with E-state index in [4.69, 9.17) is 36.3 Å². The Hall–Kier alpha value is -2.81. The number of aromatic nitrogens is 2. The molecule has 2 N–H and O–H groups in total. The summed E-state index contributed by atoms with van der Waals surface area (Å²) in [6.45, 7) is 17.5. The molecule has 41 heavy (non-hydrogen) atoms. The average Bonchev–Trinajstić information content (AvgIpc) is 3.00. The summed E-state index contributed by atoms with van der Waals surface area (Å²) in [5, 5.41) is 1.13. The van der Waals surface area contributed by atoms with E-state index in [0.29, 0.717) is 51.0 Å². The summed E-state index contributed by atoms with van der Waals surface area (Å²) in [7, 11) is 1.62. The van der Waals surface area contributed by atoms with Crippen LogP contribution >= 0.6 is 11.6 Å². The SMILES string of the molecule is CC.CC.CC=CC(/C=C(Cl)\C(N)=C/C)Oc1ncnc2cc(OCCCN3CCC4(CC3)COC4)c(OC)cc12. The summed E-state index contributed by atoms with van der Waals surface area (Å²) in [4.78, 5) is 11.3. The Bertz CT molecular complexity index is 1150. The van der Waals surface area contributed by atoms with E-state index < -0.39 is 6.10 Å². The number of methoxy groups -OCH3 is 1. The molecule has 1 spiro atoms. The molecule has 2 fully saturated rings. The van der Waals surface area contributed by atoms with E-state index in [1.54, 1.807) is 19.3 Å². The highest BCUT2D eigenvalue weighted by Crippen LogP contribution is 2.38. The minimum Gasteiger partial charge on any atom is -0.493 e. The molecule has 4 rings (SSSR count). The summed E-state index contributed by atoms with van der Waals surface area (Å²) in [6, 6.07) is 3.72. The summed E-state index contributed by atoms with van der Waals surface area (Å²) < 4.78 is 23.4. The van der Waals surface area contributed by atoms with Gasteiger partial charge in [0.1, 0.15) is 12.4 Å². The Labute approximate surface area is 251 Å². The second-order valence-corrected chi connectivity index (χ2v) is 10.0. The number of allylic oxidation sites excluding steroid dienone is 3. The van der Waals surface area contributed by atoms with Crippen LogP contribution in [0.1, 0.15) is 60.8 Å².